The second kappa shape index (κ2) is 8.69. The third-order valence-electron chi connectivity index (χ3n) is 15.9. The number of methoxy groups -OCH3 is 1. The Kier molecular flexibility index (Phi) is 5.91. The SMILES string of the molecule is C=C[C@@H]1CC[C@]2(N=C=O)CC[C@]3(C)[C@](C)(CC[C@H]4[C@@]3(C)CC[C@@]35NC3(C)C(c3ccc(C(=O)OC)cc3)CC[C@]45C)[C@@H]12. The predicted molar refractivity (Wildman–Crippen MR) is 165 cm³/mol. The van der Waals surface area contributed by atoms with Crippen molar-refractivity contribution in [3.05, 3.63) is 48.0 Å². The van der Waals surface area contributed by atoms with E-state index < -0.39 is 0 Å². The second-order valence-electron chi connectivity index (χ2n) is 16.3. The minimum atomic E-state index is -0.274. The number of rotatable bonds is 4. The molecule has 0 bridgehead atoms. The summed E-state index contributed by atoms with van der Waals surface area (Å²) < 4.78 is 4.94. The number of hydrogen-bond acceptors (Lipinski definition) is 5. The van der Waals surface area contributed by atoms with Crippen molar-refractivity contribution in [1.29, 1.82) is 0 Å². The number of ether oxygens (including phenoxy) is 1. The molecule has 1 aromatic rings. The normalized spacial score (nSPS) is 51.9. The molecule has 0 radical (unpaired) electrons. The predicted octanol–water partition coefficient (Wildman–Crippen LogP) is 7.76. The maximum atomic E-state index is 12.1. The molecule has 6 aliphatic rings. The van der Waals surface area contributed by atoms with E-state index in [1.807, 2.05) is 18.2 Å². The summed E-state index contributed by atoms with van der Waals surface area (Å²) in [5, 5.41) is 4.22. The number of carbonyl (C=O) groups excluding carboxylic acids is 2. The lowest BCUT2D eigenvalue weighted by molar-refractivity contribution is -0.248. The number of nitrogens with one attached hydrogen (secondary N) is 1. The number of nitrogens with zero attached hydrogens (tertiary/aromatic N) is 1. The summed E-state index contributed by atoms with van der Waals surface area (Å²) in [7, 11) is 1.44. The minimum absolute atomic E-state index is 0.0650. The minimum Gasteiger partial charge on any atom is -0.465 e. The van der Waals surface area contributed by atoms with Gasteiger partial charge in [0.2, 0.25) is 6.08 Å². The van der Waals surface area contributed by atoms with Crippen molar-refractivity contribution < 1.29 is 14.3 Å². The van der Waals surface area contributed by atoms with Crippen LogP contribution in [-0.4, -0.2) is 35.8 Å². The van der Waals surface area contributed by atoms with E-state index in [0.29, 0.717) is 29.2 Å². The van der Waals surface area contributed by atoms with E-state index in [0.717, 1.165) is 32.1 Å². The van der Waals surface area contributed by atoms with E-state index >= 15 is 0 Å². The molecule has 1 N–H and O–H groups in total. The molecule has 1 aliphatic heterocycles. The van der Waals surface area contributed by atoms with Crippen LogP contribution in [-0.2, 0) is 9.53 Å². The zero-order valence-corrected chi connectivity index (χ0v) is 26.6. The topological polar surface area (TPSA) is 77.7 Å². The quantitative estimate of drug-likeness (QED) is 0.132. The molecule has 5 aliphatic carbocycles. The first-order valence-corrected chi connectivity index (χ1v) is 16.5. The van der Waals surface area contributed by atoms with Crippen molar-refractivity contribution in [3.63, 3.8) is 0 Å². The molecule has 1 heterocycles. The van der Waals surface area contributed by atoms with Gasteiger partial charge < -0.3 is 10.1 Å². The first kappa shape index (κ1) is 28.5. The highest BCUT2D eigenvalue weighted by Gasteiger charge is 2.83. The van der Waals surface area contributed by atoms with Crippen molar-refractivity contribution in [1.82, 2.24) is 5.32 Å². The Hall–Kier alpha value is -2.23. The van der Waals surface area contributed by atoms with Gasteiger partial charge in [0, 0.05) is 17.0 Å². The maximum Gasteiger partial charge on any atom is 0.337 e. The molecule has 5 nitrogen and oxygen atoms in total. The molecule has 6 fully saturated rings. The van der Waals surface area contributed by atoms with Crippen LogP contribution in [0.3, 0.4) is 0 Å². The largest absolute Gasteiger partial charge is 0.465 e. The lowest BCUT2D eigenvalue weighted by Crippen LogP contribution is -2.71. The highest BCUT2D eigenvalue weighted by molar-refractivity contribution is 5.89. The molecule has 0 amide bonds. The van der Waals surface area contributed by atoms with Gasteiger partial charge in [-0.15, -0.1) is 6.58 Å². The number of benzene rings is 1. The Morgan fingerprint density at radius 1 is 0.929 bits per heavy atom. The van der Waals surface area contributed by atoms with Crippen LogP contribution < -0.4 is 5.32 Å². The molecule has 1 spiro atoms. The molecular formula is C37H50N2O3. The Labute approximate surface area is 252 Å². The third-order valence-corrected chi connectivity index (χ3v) is 15.9. The second-order valence-corrected chi connectivity index (χ2v) is 16.3. The molecule has 5 saturated carbocycles. The van der Waals surface area contributed by atoms with Gasteiger partial charge in [-0.25, -0.2) is 9.59 Å². The number of esters is 1. The zero-order valence-electron chi connectivity index (χ0n) is 26.6. The Balaban J connectivity index is 1.23. The first-order valence-electron chi connectivity index (χ1n) is 16.5. The number of aliphatic imine (C=N–C) groups is 1. The van der Waals surface area contributed by atoms with E-state index in [-0.39, 0.29) is 44.2 Å². The molecular weight excluding hydrogens is 520 g/mol. The van der Waals surface area contributed by atoms with Crippen LogP contribution >= 0.6 is 0 Å². The van der Waals surface area contributed by atoms with Crippen LogP contribution in [0.1, 0.15) is 121 Å². The summed E-state index contributed by atoms with van der Waals surface area (Å²) >= 11 is 0. The summed E-state index contributed by atoms with van der Waals surface area (Å²) in [5.74, 6) is 1.61. The van der Waals surface area contributed by atoms with E-state index in [4.69, 9.17) is 4.74 Å². The third kappa shape index (κ3) is 3.03. The van der Waals surface area contributed by atoms with E-state index in [9.17, 15) is 9.59 Å². The smallest absolute Gasteiger partial charge is 0.337 e. The molecule has 11 atom stereocenters. The van der Waals surface area contributed by atoms with E-state index in [2.05, 4.69) is 69.7 Å². The summed E-state index contributed by atoms with van der Waals surface area (Å²) in [5.41, 5.74) is 2.67. The van der Waals surface area contributed by atoms with Crippen molar-refractivity contribution in [2.24, 2.45) is 44.4 Å². The molecule has 7 rings (SSSR count). The summed E-state index contributed by atoms with van der Waals surface area (Å²) in [4.78, 5) is 28.5. The van der Waals surface area contributed by atoms with Crippen LogP contribution in [0.4, 0.5) is 0 Å². The number of carbonyl (C=O) groups is 1. The average Bonchev–Trinajstić information content (AvgIpc) is 3.45. The molecule has 1 saturated heterocycles. The van der Waals surface area contributed by atoms with Gasteiger partial charge in [0.25, 0.3) is 0 Å². The van der Waals surface area contributed by atoms with Gasteiger partial charge in [-0.05, 0) is 128 Å². The molecule has 5 heteroatoms. The highest BCUT2D eigenvalue weighted by atomic mass is 16.5. The van der Waals surface area contributed by atoms with Gasteiger partial charge in [0.05, 0.1) is 18.2 Å². The number of fused-ring (bicyclic) bond motifs is 6. The number of allylic oxidation sites excluding steroid dienone is 1. The lowest BCUT2D eigenvalue weighted by Gasteiger charge is -2.74. The molecule has 226 valence electrons. The van der Waals surface area contributed by atoms with Crippen molar-refractivity contribution in [3.8, 4) is 0 Å². The summed E-state index contributed by atoms with van der Waals surface area (Å²) in [6, 6.07) is 8.19. The van der Waals surface area contributed by atoms with Crippen LogP contribution in [0.25, 0.3) is 0 Å². The Bertz CT molecular complexity index is 1380. The van der Waals surface area contributed by atoms with Crippen molar-refractivity contribution >= 4 is 12.0 Å². The number of hydrogen-bond donors (Lipinski definition) is 1. The zero-order chi connectivity index (χ0) is 30.0. The van der Waals surface area contributed by atoms with Gasteiger partial charge in [-0.1, -0.05) is 45.9 Å². The van der Waals surface area contributed by atoms with Gasteiger partial charge >= 0.3 is 5.97 Å². The summed E-state index contributed by atoms with van der Waals surface area (Å²) in [6.07, 6.45) is 15.8. The number of isocyanates is 1. The standard InChI is InChI=1S/C37H50N2O3/c1-8-24-13-18-36(38-23-40)21-20-34(5)31(2)19-22-37-32(3,28(31)15-17-33(34,4)29(24)36)16-14-27(35(37,6)39-37)25-9-11-26(12-10-25)30(41)42-7/h8-12,24,27-29,39H,1,13-22H2,2-7H3/t24-,27?,28+,29-,31-,32-,33-,34+,35?,36+,37+/m1/s1. The molecule has 1 aromatic carbocycles. The van der Waals surface area contributed by atoms with Crippen LogP contribution in [0.2, 0.25) is 0 Å². The fourth-order valence-corrected chi connectivity index (χ4v) is 13.6. The fraction of sp³-hybridized carbons (Fsp3) is 0.730. The maximum absolute atomic E-state index is 12.1. The van der Waals surface area contributed by atoms with Gasteiger partial charge in [0.1, 0.15) is 0 Å². The van der Waals surface area contributed by atoms with Crippen molar-refractivity contribution in [2.75, 3.05) is 7.11 Å². The van der Waals surface area contributed by atoms with Gasteiger partial charge in [-0.3, -0.25) is 0 Å². The monoisotopic (exact) mass is 570 g/mol. The fourth-order valence-electron chi connectivity index (χ4n) is 13.6. The molecule has 42 heavy (non-hydrogen) atoms. The van der Waals surface area contributed by atoms with E-state index in [1.54, 1.807) is 0 Å². The molecule has 0 aromatic heterocycles. The molecule has 2 unspecified atom stereocenters. The van der Waals surface area contributed by atoms with Crippen molar-refractivity contribution in [2.45, 2.75) is 121 Å². The highest BCUT2D eigenvalue weighted by Crippen LogP contribution is 2.82. The van der Waals surface area contributed by atoms with Gasteiger partial charge in [-0.2, -0.15) is 4.99 Å². The first-order chi connectivity index (χ1) is 19.9. The summed E-state index contributed by atoms with van der Waals surface area (Å²) in [6.45, 7) is 17.3. The average molecular weight is 571 g/mol. The van der Waals surface area contributed by atoms with Crippen LogP contribution in [0.15, 0.2) is 41.9 Å². The van der Waals surface area contributed by atoms with Crippen LogP contribution in [0.5, 0.6) is 0 Å². The van der Waals surface area contributed by atoms with Gasteiger partial charge in [0.15, 0.2) is 0 Å². The Morgan fingerprint density at radius 3 is 2.31 bits per heavy atom. The van der Waals surface area contributed by atoms with Crippen LogP contribution in [0, 0.1) is 39.4 Å². The Morgan fingerprint density at radius 2 is 1.64 bits per heavy atom. The van der Waals surface area contributed by atoms with E-state index in [1.165, 1.54) is 44.8 Å². The lowest BCUT2D eigenvalue weighted by atomic mass is 9.29.